The highest BCUT2D eigenvalue weighted by atomic mass is 14.2. The van der Waals surface area contributed by atoms with E-state index in [4.69, 9.17) is 0 Å². The molecule has 8 aromatic carbocycles. The quantitative estimate of drug-likeness (QED) is 0.217. The third kappa shape index (κ3) is 2.20. The zero-order valence-corrected chi connectivity index (χ0v) is 19.5. The van der Waals surface area contributed by atoms with Crippen molar-refractivity contribution in [2.75, 3.05) is 0 Å². The molecule has 0 saturated heterocycles. The van der Waals surface area contributed by atoms with Crippen LogP contribution in [0.5, 0.6) is 0 Å². The summed E-state index contributed by atoms with van der Waals surface area (Å²) >= 11 is 0. The largest absolute Gasteiger partial charge is 0.0616 e. The minimum Gasteiger partial charge on any atom is -0.0616 e. The number of rotatable bonds is 1. The van der Waals surface area contributed by atoms with Gasteiger partial charge in [0.15, 0.2) is 0 Å². The molecule has 0 radical (unpaired) electrons. The monoisotopic (exact) mass is 452 g/mol. The van der Waals surface area contributed by atoms with Crippen LogP contribution in [0.25, 0.3) is 86.9 Å². The number of hydrogen-bond donors (Lipinski definition) is 0. The third-order valence-corrected chi connectivity index (χ3v) is 8.35. The molecular weight excluding hydrogens is 432 g/mol. The van der Waals surface area contributed by atoms with E-state index in [1.807, 2.05) is 0 Å². The molecule has 0 aromatic heterocycles. The minimum absolute atomic E-state index is 1.29. The zero-order chi connectivity index (χ0) is 23.4. The maximum absolute atomic E-state index is 2.35. The van der Waals surface area contributed by atoms with E-state index in [-0.39, 0.29) is 0 Å². The predicted octanol–water partition coefficient (Wildman–Crippen LogP) is 10.3. The molecule has 0 N–H and O–H groups in total. The maximum atomic E-state index is 2.35. The van der Waals surface area contributed by atoms with Crippen molar-refractivity contribution in [2.45, 2.75) is 0 Å². The standard InChI is InChI=1S/C36H20/c1-2-7-25-21(5-1)11-12-23-15-17-27-26(8-4-10-29(27)33(23)25)28-19-20-32-30-9-3-6-22-13-14-24-16-18-31(28)36(32)35(24)34(22)30/h1-20H. The Morgan fingerprint density at radius 3 is 1.69 bits per heavy atom. The molecule has 1 aliphatic rings. The van der Waals surface area contributed by atoms with Crippen molar-refractivity contribution in [3.8, 4) is 22.3 Å². The fraction of sp³-hybridized carbons (Fsp3) is 0. The smallest absolute Gasteiger partial charge is 0.00139 e. The molecule has 36 heavy (non-hydrogen) atoms. The number of hydrogen-bond acceptors (Lipinski definition) is 0. The lowest BCUT2D eigenvalue weighted by Gasteiger charge is -2.14. The van der Waals surface area contributed by atoms with Gasteiger partial charge in [-0.15, -0.1) is 0 Å². The van der Waals surface area contributed by atoms with Crippen LogP contribution in [0.15, 0.2) is 121 Å². The molecule has 0 nitrogen and oxygen atoms in total. The van der Waals surface area contributed by atoms with Crippen LogP contribution in [0.1, 0.15) is 0 Å². The molecule has 0 spiro atoms. The van der Waals surface area contributed by atoms with Crippen molar-refractivity contribution in [1.82, 2.24) is 0 Å². The van der Waals surface area contributed by atoms with Gasteiger partial charge in [0.1, 0.15) is 0 Å². The Morgan fingerprint density at radius 2 is 0.778 bits per heavy atom. The molecule has 0 amide bonds. The van der Waals surface area contributed by atoms with Crippen LogP contribution >= 0.6 is 0 Å². The van der Waals surface area contributed by atoms with Crippen molar-refractivity contribution in [3.05, 3.63) is 121 Å². The van der Waals surface area contributed by atoms with Crippen molar-refractivity contribution in [1.29, 1.82) is 0 Å². The molecule has 9 rings (SSSR count). The normalized spacial score (nSPS) is 12.4. The summed E-state index contributed by atoms with van der Waals surface area (Å²) in [6.45, 7) is 0. The average Bonchev–Trinajstić information content (AvgIpc) is 3.29. The Kier molecular flexibility index (Phi) is 3.36. The second kappa shape index (κ2) is 6.50. The summed E-state index contributed by atoms with van der Waals surface area (Å²) in [6.07, 6.45) is 0. The number of fused-ring (bicyclic) bond motifs is 6. The molecule has 0 aliphatic heterocycles. The highest BCUT2D eigenvalue weighted by Crippen LogP contribution is 2.50. The summed E-state index contributed by atoms with van der Waals surface area (Å²) in [5.41, 5.74) is 5.34. The summed E-state index contributed by atoms with van der Waals surface area (Å²) in [6, 6.07) is 45.2. The summed E-state index contributed by atoms with van der Waals surface area (Å²) in [4.78, 5) is 0. The van der Waals surface area contributed by atoms with Crippen molar-refractivity contribution < 1.29 is 0 Å². The second-order valence-electron chi connectivity index (χ2n) is 10.1. The minimum atomic E-state index is 1.29. The van der Waals surface area contributed by atoms with Gasteiger partial charge in [0, 0.05) is 0 Å². The molecule has 0 fully saturated rings. The van der Waals surface area contributed by atoms with E-state index < -0.39 is 0 Å². The van der Waals surface area contributed by atoms with Crippen LogP contribution in [-0.4, -0.2) is 0 Å². The molecule has 0 bridgehead atoms. The SMILES string of the molecule is c1ccc2c(c1)ccc1ccc3c(-c4ccc5c6c4ccc4ccc7cccc-5c7c46)cccc3c12. The van der Waals surface area contributed by atoms with Gasteiger partial charge in [-0.25, -0.2) is 0 Å². The fourth-order valence-corrected chi connectivity index (χ4v) is 6.82. The second-order valence-corrected chi connectivity index (χ2v) is 10.1. The van der Waals surface area contributed by atoms with Gasteiger partial charge in [-0.3, -0.25) is 0 Å². The first-order valence-electron chi connectivity index (χ1n) is 12.6. The molecule has 8 aromatic rings. The van der Waals surface area contributed by atoms with Crippen LogP contribution in [0.2, 0.25) is 0 Å². The molecule has 0 atom stereocenters. The van der Waals surface area contributed by atoms with E-state index in [1.165, 1.54) is 86.9 Å². The summed E-state index contributed by atoms with van der Waals surface area (Å²) < 4.78 is 0. The topological polar surface area (TPSA) is 0 Å². The van der Waals surface area contributed by atoms with Gasteiger partial charge in [0.2, 0.25) is 0 Å². The van der Waals surface area contributed by atoms with Crippen LogP contribution in [-0.2, 0) is 0 Å². The Labute approximate surface area is 208 Å². The Hall–Kier alpha value is -4.68. The van der Waals surface area contributed by atoms with Gasteiger partial charge in [0.05, 0.1) is 0 Å². The average molecular weight is 453 g/mol. The predicted molar refractivity (Wildman–Crippen MR) is 156 cm³/mol. The highest BCUT2D eigenvalue weighted by molar-refractivity contribution is 6.34. The highest BCUT2D eigenvalue weighted by Gasteiger charge is 2.22. The van der Waals surface area contributed by atoms with Gasteiger partial charge < -0.3 is 0 Å². The maximum Gasteiger partial charge on any atom is -0.00139 e. The van der Waals surface area contributed by atoms with Crippen molar-refractivity contribution in [2.24, 2.45) is 0 Å². The van der Waals surface area contributed by atoms with Crippen LogP contribution in [0.4, 0.5) is 0 Å². The Balaban J connectivity index is 1.43. The Morgan fingerprint density at radius 1 is 0.222 bits per heavy atom. The molecule has 164 valence electrons. The van der Waals surface area contributed by atoms with Gasteiger partial charge in [-0.1, -0.05) is 121 Å². The van der Waals surface area contributed by atoms with Gasteiger partial charge in [-0.2, -0.15) is 0 Å². The lowest BCUT2D eigenvalue weighted by Crippen LogP contribution is -1.87. The van der Waals surface area contributed by atoms with Crippen LogP contribution < -0.4 is 0 Å². The molecule has 0 unspecified atom stereocenters. The van der Waals surface area contributed by atoms with Gasteiger partial charge >= 0.3 is 0 Å². The van der Waals surface area contributed by atoms with E-state index in [0.717, 1.165) is 0 Å². The van der Waals surface area contributed by atoms with Gasteiger partial charge in [0.25, 0.3) is 0 Å². The molecular formula is C36H20. The molecule has 1 aliphatic carbocycles. The first-order valence-corrected chi connectivity index (χ1v) is 12.6. The van der Waals surface area contributed by atoms with E-state index in [0.29, 0.717) is 0 Å². The van der Waals surface area contributed by atoms with Gasteiger partial charge in [-0.05, 0) is 86.9 Å². The first kappa shape index (κ1) is 18.6. The Bertz CT molecular complexity index is 2250. The van der Waals surface area contributed by atoms with Crippen LogP contribution in [0, 0.1) is 0 Å². The first-order chi connectivity index (χ1) is 17.9. The number of benzene rings is 8. The molecule has 0 heterocycles. The zero-order valence-electron chi connectivity index (χ0n) is 19.5. The third-order valence-electron chi connectivity index (χ3n) is 8.35. The fourth-order valence-electron chi connectivity index (χ4n) is 6.82. The summed E-state index contributed by atoms with van der Waals surface area (Å²) in [5.74, 6) is 0. The van der Waals surface area contributed by atoms with Crippen molar-refractivity contribution in [3.63, 3.8) is 0 Å². The lowest BCUT2D eigenvalue weighted by atomic mass is 9.89. The molecule has 0 saturated carbocycles. The van der Waals surface area contributed by atoms with Crippen LogP contribution in [0.3, 0.4) is 0 Å². The summed E-state index contributed by atoms with van der Waals surface area (Å²) in [5, 5.41) is 16.1. The van der Waals surface area contributed by atoms with Crippen molar-refractivity contribution >= 4 is 64.6 Å². The van der Waals surface area contributed by atoms with E-state index in [1.54, 1.807) is 0 Å². The van der Waals surface area contributed by atoms with E-state index in [9.17, 15) is 0 Å². The van der Waals surface area contributed by atoms with E-state index >= 15 is 0 Å². The summed E-state index contributed by atoms with van der Waals surface area (Å²) in [7, 11) is 0. The van der Waals surface area contributed by atoms with E-state index in [2.05, 4.69) is 121 Å². The lowest BCUT2D eigenvalue weighted by molar-refractivity contribution is 1.71. The molecule has 0 heteroatoms.